The summed E-state index contributed by atoms with van der Waals surface area (Å²) in [7, 11) is 0. The second-order valence-corrected chi connectivity index (χ2v) is 7.28. The fourth-order valence-electron chi connectivity index (χ4n) is 2.58. The van der Waals surface area contributed by atoms with Crippen LogP contribution in [0.3, 0.4) is 0 Å². The topological polar surface area (TPSA) is 28.2 Å². The molecule has 1 unspecified atom stereocenters. The minimum absolute atomic E-state index is 0.402. The van der Waals surface area contributed by atoms with E-state index in [2.05, 4.69) is 58.0 Å². The SMILES string of the molecule is CCCNC(C)c1cnc(N(CC(C)C)C(CC)CC)s1. The molecule has 122 valence electrons. The van der Waals surface area contributed by atoms with Crippen LogP contribution in [0.15, 0.2) is 6.20 Å². The molecule has 3 nitrogen and oxygen atoms in total. The van der Waals surface area contributed by atoms with Crippen molar-refractivity contribution >= 4 is 16.5 Å². The molecule has 1 rings (SSSR count). The van der Waals surface area contributed by atoms with E-state index in [1.165, 1.54) is 29.3 Å². The van der Waals surface area contributed by atoms with Gasteiger partial charge in [-0.15, -0.1) is 11.3 Å². The quantitative estimate of drug-likeness (QED) is 0.669. The highest BCUT2D eigenvalue weighted by Crippen LogP contribution is 2.30. The highest BCUT2D eigenvalue weighted by molar-refractivity contribution is 7.15. The smallest absolute Gasteiger partial charge is 0.185 e. The predicted octanol–water partition coefficient (Wildman–Crippen LogP) is 4.85. The lowest BCUT2D eigenvalue weighted by molar-refractivity contribution is 0.507. The van der Waals surface area contributed by atoms with Crippen LogP contribution in [-0.2, 0) is 0 Å². The molecule has 1 aromatic rings. The molecule has 0 amide bonds. The zero-order valence-electron chi connectivity index (χ0n) is 14.6. The van der Waals surface area contributed by atoms with Gasteiger partial charge in [0.05, 0.1) is 0 Å². The highest BCUT2D eigenvalue weighted by atomic mass is 32.1. The average molecular weight is 312 g/mol. The van der Waals surface area contributed by atoms with Crippen molar-refractivity contribution in [3.63, 3.8) is 0 Å². The van der Waals surface area contributed by atoms with Gasteiger partial charge in [0.15, 0.2) is 5.13 Å². The summed E-state index contributed by atoms with van der Waals surface area (Å²) < 4.78 is 0. The van der Waals surface area contributed by atoms with E-state index in [1.54, 1.807) is 0 Å². The van der Waals surface area contributed by atoms with Crippen LogP contribution in [-0.4, -0.2) is 24.1 Å². The Hall–Kier alpha value is -0.610. The van der Waals surface area contributed by atoms with Crippen LogP contribution in [0, 0.1) is 5.92 Å². The van der Waals surface area contributed by atoms with Gasteiger partial charge in [0.25, 0.3) is 0 Å². The van der Waals surface area contributed by atoms with Crippen LogP contribution < -0.4 is 10.2 Å². The van der Waals surface area contributed by atoms with E-state index < -0.39 is 0 Å². The van der Waals surface area contributed by atoms with Crippen LogP contribution in [0.5, 0.6) is 0 Å². The molecule has 0 bridgehead atoms. The van der Waals surface area contributed by atoms with Gasteiger partial charge in [0, 0.05) is 29.7 Å². The maximum absolute atomic E-state index is 4.72. The van der Waals surface area contributed by atoms with E-state index in [-0.39, 0.29) is 0 Å². The van der Waals surface area contributed by atoms with Gasteiger partial charge in [-0.3, -0.25) is 0 Å². The zero-order valence-corrected chi connectivity index (χ0v) is 15.5. The number of hydrogen-bond acceptors (Lipinski definition) is 4. The van der Waals surface area contributed by atoms with Gasteiger partial charge in [0.2, 0.25) is 0 Å². The van der Waals surface area contributed by atoms with E-state index in [9.17, 15) is 0 Å². The Bertz CT molecular complexity index is 385. The van der Waals surface area contributed by atoms with Crippen molar-refractivity contribution in [1.29, 1.82) is 0 Å². The maximum Gasteiger partial charge on any atom is 0.185 e. The van der Waals surface area contributed by atoms with Crippen LogP contribution in [0.1, 0.15) is 71.7 Å². The molecule has 0 spiro atoms. The number of thiazole rings is 1. The lowest BCUT2D eigenvalue weighted by Crippen LogP contribution is -2.37. The fraction of sp³-hybridized carbons (Fsp3) is 0.824. The summed E-state index contributed by atoms with van der Waals surface area (Å²) in [5.74, 6) is 0.661. The molecule has 0 radical (unpaired) electrons. The van der Waals surface area contributed by atoms with Crippen molar-refractivity contribution in [2.24, 2.45) is 5.92 Å². The number of aromatic nitrogens is 1. The molecule has 0 aliphatic heterocycles. The lowest BCUT2D eigenvalue weighted by atomic mass is 10.1. The van der Waals surface area contributed by atoms with Crippen LogP contribution in [0.25, 0.3) is 0 Å². The molecule has 1 heterocycles. The molecular weight excluding hydrogens is 278 g/mol. The molecule has 1 atom stereocenters. The Morgan fingerprint density at radius 2 is 1.86 bits per heavy atom. The van der Waals surface area contributed by atoms with E-state index in [4.69, 9.17) is 4.98 Å². The Morgan fingerprint density at radius 1 is 1.19 bits per heavy atom. The molecule has 0 aromatic carbocycles. The summed E-state index contributed by atoms with van der Waals surface area (Å²) in [6.07, 6.45) is 5.59. The molecule has 1 N–H and O–H groups in total. The molecule has 0 fully saturated rings. The molecule has 0 saturated carbocycles. The molecule has 0 aliphatic carbocycles. The van der Waals surface area contributed by atoms with Gasteiger partial charge in [-0.25, -0.2) is 4.98 Å². The van der Waals surface area contributed by atoms with Gasteiger partial charge < -0.3 is 10.2 Å². The molecule has 4 heteroatoms. The normalized spacial score (nSPS) is 13.1. The summed E-state index contributed by atoms with van der Waals surface area (Å²) in [6.45, 7) is 15.7. The third-order valence-corrected chi connectivity index (χ3v) is 5.05. The van der Waals surface area contributed by atoms with E-state index in [0.29, 0.717) is 18.0 Å². The first-order valence-corrected chi connectivity index (χ1v) is 9.30. The molecule has 1 aromatic heterocycles. The van der Waals surface area contributed by atoms with Gasteiger partial charge in [-0.05, 0) is 38.6 Å². The summed E-state index contributed by atoms with van der Waals surface area (Å²) in [5.41, 5.74) is 0. The summed E-state index contributed by atoms with van der Waals surface area (Å²) in [4.78, 5) is 8.58. The number of hydrogen-bond donors (Lipinski definition) is 1. The first kappa shape index (κ1) is 18.4. The van der Waals surface area contributed by atoms with Crippen molar-refractivity contribution in [1.82, 2.24) is 10.3 Å². The molecular formula is C17H33N3S. The average Bonchev–Trinajstić information content (AvgIpc) is 2.94. The lowest BCUT2D eigenvalue weighted by Gasteiger charge is -2.31. The van der Waals surface area contributed by atoms with Gasteiger partial charge in [-0.1, -0.05) is 34.6 Å². The molecule has 0 saturated heterocycles. The van der Waals surface area contributed by atoms with E-state index in [0.717, 1.165) is 13.1 Å². The number of nitrogens with one attached hydrogen (secondary N) is 1. The van der Waals surface area contributed by atoms with Crippen molar-refractivity contribution in [3.05, 3.63) is 11.1 Å². The fourth-order valence-corrected chi connectivity index (χ4v) is 3.60. The van der Waals surface area contributed by atoms with Crippen molar-refractivity contribution in [2.45, 2.75) is 72.9 Å². The number of rotatable bonds is 10. The van der Waals surface area contributed by atoms with Crippen molar-refractivity contribution in [3.8, 4) is 0 Å². The van der Waals surface area contributed by atoms with Crippen LogP contribution >= 0.6 is 11.3 Å². The summed E-state index contributed by atoms with van der Waals surface area (Å²) in [5, 5.41) is 4.74. The maximum atomic E-state index is 4.72. The van der Waals surface area contributed by atoms with Crippen LogP contribution in [0.4, 0.5) is 5.13 Å². The Kier molecular flexibility index (Phi) is 8.27. The van der Waals surface area contributed by atoms with Gasteiger partial charge >= 0.3 is 0 Å². The third-order valence-electron chi connectivity index (χ3n) is 3.83. The summed E-state index contributed by atoms with van der Waals surface area (Å²) in [6, 6.07) is 1.00. The minimum Gasteiger partial charge on any atom is -0.345 e. The highest BCUT2D eigenvalue weighted by Gasteiger charge is 2.20. The Labute approximate surface area is 135 Å². The largest absolute Gasteiger partial charge is 0.345 e. The second kappa shape index (κ2) is 9.42. The van der Waals surface area contributed by atoms with Gasteiger partial charge in [-0.2, -0.15) is 0 Å². The minimum atomic E-state index is 0.402. The predicted molar refractivity (Wildman–Crippen MR) is 95.4 cm³/mol. The monoisotopic (exact) mass is 311 g/mol. The third kappa shape index (κ3) is 5.59. The Morgan fingerprint density at radius 3 is 2.38 bits per heavy atom. The molecule has 0 aliphatic rings. The number of nitrogens with zero attached hydrogens (tertiary/aromatic N) is 2. The second-order valence-electron chi connectivity index (χ2n) is 6.24. The van der Waals surface area contributed by atoms with E-state index in [1.807, 2.05) is 11.3 Å². The van der Waals surface area contributed by atoms with Crippen molar-refractivity contribution in [2.75, 3.05) is 18.0 Å². The van der Waals surface area contributed by atoms with E-state index >= 15 is 0 Å². The van der Waals surface area contributed by atoms with Crippen molar-refractivity contribution < 1.29 is 0 Å². The first-order valence-electron chi connectivity index (χ1n) is 8.49. The molecule has 21 heavy (non-hydrogen) atoms. The van der Waals surface area contributed by atoms with Gasteiger partial charge in [0.1, 0.15) is 0 Å². The number of anilines is 1. The zero-order chi connectivity index (χ0) is 15.8. The Balaban J connectivity index is 2.85. The first-order chi connectivity index (χ1) is 10.0. The standard InChI is InChI=1S/C17H33N3S/c1-7-10-18-14(6)16-11-19-17(21-16)20(12-13(4)5)15(8-2)9-3/h11,13-15,18H,7-10,12H2,1-6H3. The van der Waals surface area contributed by atoms with Crippen LogP contribution in [0.2, 0.25) is 0 Å². The summed E-state index contributed by atoms with van der Waals surface area (Å²) >= 11 is 1.85.